The summed E-state index contributed by atoms with van der Waals surface area (Å²) < 4.78 is 11.0. The Labute approximate surface area is 409 Å². The zero-order valence-electron chi connectivity index (χ0n) is 41.6. The van der Waals surface area contributed by atoms with Gasteiger partial charge in [-0.1, -0.05) is 133 Å². The van der Waals surface area contributed by atoms with Gasteiger partial charge in [0.25, 0.3) is 0 Å². The van der Waals surface area contributed by atoms with Crippen LogP contribution in [0.5, 0.6) is 0 Å². The van der Waals surface area contributed by atoms with Crippen LogP contribution in [0.25, 0.3) is 33.4 Å². The van der Waals surface area contributed by atoms with E-state index in [9.17, 15) is 19.5 Å². The van der Waals surface area contributed by atoms with E-state index in [0.29, 0.717) is 73.7 Å². The minimum absolute atomic E-state index is 0. The van der Waals surface area contributed by atoms with Gasteiger partial charge in [-0.15, -0.1) is 28.6 Å². The second-order valence-electron chi connectivity index (χ2n) is 19.7. The SMILES string of the molecule is C=C[C@H]1c2cc3[n-]c4c(c5nc(cc6[n-]c(cc(n2)[C@@H]1C)c(C(C)=O)c6C)[C@@H](C)[C@@H]5CCC(=O)OC/C=C(\C)CCC[C@H](C)CCC[C@H](C)CCCC(C)C)C(C(=O)OC)=C([O-])c4c3C.[Mg+2]. The Morgan fingerprint density at radius 3 is 2.05 bits per heavy atom. The van der Waals surface area contributed by atoms with Crippen LogP contribution in [-0.2, 0) is 19.1 Å². The number of rotatable bonds is 20. The number of ether oxygens (including phenoxy) is 2. The standard InChI is InChI=1S/C55H74N4O6.Mg/c1-13-39-34(7)41-29-46-48(38(11)60)36(9)43(57-46)27-42-35(8)40(52(58-42)50-51(55(63)64-12)54(62)49-37(10)44(59-53(49)50)28-45(39)56-41)23-24-47(61)65-26-25-33(6)22-16-21-32(5)20-15-19-31(4)18-14-17-30(2)3;/h13,25,27-32,34-35,39-40H,1,14-24,26H2,2-12H3,(H3,56,57,58,59,60,62,63);/q;+2/p-3/b33-25+;/t31-,32-,34-,35+,39-,40+;/m1./s1. The summed E-state index contributed by atoms with van der Waals surface area (Å²) in [7, 11) is 1.25. The molecular formula is C55H71MgN4O6-. The summed E-state index contributed by atoms with van der Waals surface area (Å²) in [6, 6.07) is 5.64. The smallest absolute Gasteiger partial charge is 0.871 e. The van der Waals surface area contributed by atoms with Gasteiger partial charge in [-0.25, -0.2) is 4.79 Å². The molecule has 0 aromatic carbocycles. The minimum Gasteiger partial charge on any atom is -0.871 e. The zero-order valence-corrected chi connectivity index (χ0v) is 43.0. The maximum Gasteiger partial charge on any atom is 2.00 e. The van der Waals surface area contributed by atoms with Crippen LogP contribution in [-0.4, -0.2) is 64.5 Å². The van der Waals surface area contributed by atoms with Gasteiger partial charge >= 0.3 is 35.0 Å². The number of hydrogen-bond acceptors (Lipinski definition) is 8. The first-order valence-electron chi connectivity index (χ1n) is 24.1. The van der Waals surface area contributed by atoms with E-state index in [-0.39, 0.29) is 71.2 Å². The molecule has 2 aliphatic heterocycles. The van der Waals surface area contributed by atoms with Gasteiger partial charge in [-0.05, 0) is 81.9 Å². The second kappa shape index (κ2) is 23.0. The van der Waals surface area contributed by atoms with E-state index in [1.54, 1.807) is 0 Å². The number of allylic oxidation sites excluding steroid dienone is 2. The molecule has 0 fully saturated rings. The first kappa shape index (κ1) is 52.5. The van der Waals surface area contributed by atoms with Crippen molar-refractivity contribution in [1.29, 1.82) is 0 Å². The fraction of sp³-hybridized carbons (Fsp3) is 0.545. The van der Waals surface area contributed by atoms with Crippen molar-refractivity contribution in [3.8, 4) is 0 Å². The molecule has 0 amide bonds. The average Bonchev–Trinajstić information content (AvgIpc) is 4.00. The molecule has 0 saturated carbocycles. The molecule has 10 nitrogen and oxygen atoms in total. The largest absolute Gasteiger partial charge is 2.00 e. The van der Waals surface area contributed by atoms with E-state index in [0.717, 1.165) is 35.9 Å². The van der Waals surface area contributed by atoms with Crippen molar-refractivity contribution in [1.82, 2.24) is 19.9 Å². The fourth-order valence-electron chi connectivity index (χ4n) is 10.1. The molecule has 6 atom stereocenters. The summed E-state index contributed by atoms with van der Waals surface area (Å²) in [4.78, 5) is 60.3. The Morgan fingerprint density at radius 1 is 0.803 bits per heavy atom. The summed E-state index contributed by atoms with van der Waals surface area (Å²) >= 11 is 0. The van der Waals surface area contributed by atoms with Gasteiger partial charge in [0.2, 0.25) is 0 Å². The van der Waals surface area contributed by atoms with Crippen molar-refractivity contribution in [2.75, 3.05) is 13.7 Å². The number of aromatic nitrogens is 4. The molecule has 0 radical (unpaired) electrons. The number of methoxy groups -OCH3 is 1. The van der Waals surface area contributed by atoms with Crippen LogP contribution >= 0.6 is 0 Å². The molecule has 8 bridgehead atoms. The van der Waals surface area contributed by atoms with Crippen molar-refractivity contribution in [3.63, 3.8) is 0 Å². The van der Waals surface area contributed by atoms with Crippen molar-refractivity contribution in [3.05, 3.63) is 93.1 Å². The summed E-state index contributed by atoms with van der Waals surface area (Å²) in [5.74, 6) is -0.294. The number of aryl methyl sites for hydroxylation is 2. The molecule has 66 heavy (non-hydrogen) atoms. The third kappa shape index (κ3) is 11.6. The normalized spacial score (nSPS) is 18.9. The number of Topliss-reactive ketones (excluding diaryl/α,β-unsaturated/α-hetero) is 1. The number of esters is 2. The van der Waals surface area contributed by atoms with Crippen LogP contribution in [0.3, 0.4) is 0 Å². The molecule has 6 rings (SSSR count). The van der Waals surface area contributed by atoms with Gasteiger partial charge in [0, 0.05) is 52.7 Å². The Bertz CT molecular complexity index is 2530. The van der Waals surface area contributed by atoms with Gasteiger partial charge in [0.15, 0.2) is 5.78 Å². The molecule has 0 spiro atoms. The number of ketones is 1. The van der Waals surface area contributed by atoms with E-state index in [1.165, 1.54) is 64.6 Å². The van der Waals surface area contributed by atoms with Crippen molar-refractivity contribution in [2.45, 2.75) is 164 Å². The maximum absolute atomic E-state index is 14.3. The van der Waals surface area contributed by atoms with Crippen molar-refractivity contribution < 1.29 is 29.0 Å². The van der Waals surface area contributed by atoms with Crippen LogP contribution in [0, 0.1) is 31.6 Å². The molecular weight excluding hydrogens is 837 g/mol. The van der Waals surface area contributed by atoms with Gasteiger partial charge < -0.3 is 24.5 Å². The molecule has 5 heterocycles. The molecule has 3 aromatic heterocycles. The first-order valence-corrected chi connectivity index (χ1v) is 24.1. The number of nitrogens with zero attached hydrogens (tertiary/aromatic N) is 4. The summed E-state index contributed by atoms with van der Waals surface area (Å²) in [5.41, 5.74) is 8.23. The summed E-state index contributed by atoms with van der Waals surface area (Å²) in [5, 5.41) is 14.3. The Kier molecular flexibility index (Phi) is 18.3. The van der Waals surface area contributed by atoms with E-state index in [1.807, 2.05) is 51.1 Å². The van der Waals surface area contributed by atoms with Gasteiger partial charge in [0.05, 0.1) is 18.4 Å². The Morgan fingerprint density at radius 2 is 1.41 bits per heavy atom. The van der Waals surface area contributed by atoms with Crippen LogP contribution < -0.4 is 15.1 Å². The van der Waals surface area contributed by atoms with Crippen LogP contribution in [0.1, 0.15) is 205 Å². The minimum atomic E-state index is -0.776. The Balaban J connectivity index is 0.00000817. The molecule has 1 aliphatic carbocycles. The van der Waals surface area contributed by atoms with Gasteiger partial charge in [-0.3, -0.25) is 19.6 Å². The van der Waals surface area contributed by atoms with Gasteiger partial charge in [0.1, 0.15) is 6.61 Å². The third-order valence-electron chi connectivity index (χ3n) is 14.3. The predicted octanol–water partition coefficient (Wildman–Crippen LogP) is 11.4. The van der Waals surface area contributed by atoms with Crippen molar-refractivity contribution in [2.24, 2.45) is 17.8 Å². The number of carbonyl (C=O) groups excluding carboxylic acids is 3. The fourth-order valence-corrected chi connectivity index (χ4v) is 10.1. The monoisotopic (exact) mass is 908 g/mol. The summed E-state index contributed by atoms with van der Waals surface area (Å²) in [6.07, 6.45) is 15.5. The van der Waals surface area contributed by atoms with E-state index in [2.05, 4.69) is 48.1 Å². The summed E-state index contributed by atoms with van der Waals surface area (Å²) in [6.45, 7) is 25.1. The van der Waals surface area contributed by atoms with E-state index < -0.39 is 17.6 Å². The number of carbonyl (C=O) groups is 3. The number of hydrogen-bond donors (Lipinski definition) is 0. The predicted molar refractivity (Wildman–Crippen MR) is 264 cm³/mol. The molecule has 0 unspecified atom stereocenters. The topological polar surface area (TPSA) is 147 Å². The molecule has 350 valence electrons. The zero-order chi connectivity index (χ0) is 47.3. The average molecular weight is 908 g/mol. The molecule has 0 saturated heterocycles. The van der Waals surface area contributed by atoms with Crippen LogP contribution in [0.2, 0.25) is 0 Å². The molecule has 0 N–H and O–H groups in total. The molecule has 3 aromatic rings. The maximum atomic E-state index is 14.3. The quantitative estimate of drug-likeness (QED) is 0.0464. The Hall–Kier alpha value is -4.48. The van der Waals surface area contributed by atoms with E-state index >= 15 is 0 Å². The van der Waals surface area contributed by atoms with E-state index in [4.69, 9.17) is 29.4 Å². The van der Waals surface area contributed by atoms with Crippen molar-refractivity contribution >= 4 is 74.2 Å². The molecule has 11 heteroatoms. The molecule has 3 aliphatic rings. The number of fused-ring (bicyclic) bond motifs is 8. The second-order valence-corrected chi connectivity index (χ2v) is 19.7. The van der Waals surface area contributed by atoms with Crippen LogP contribution in [0.4, 0.5) is 0 Å². The first-order chi connectivity index (χ1) is 30.9. The third-order valence-corrected chi connectivity index (χ3v) is 14.3. The van der Waals surface area contributed by atoms with Gasteiger partial charge in [-0.2, -0.15) is 0 Å². The van der Waals surface area contributed by atoms with Crippen LogP contribution in [0.15, 0.2) is 42.5 Å².